The second-order valence-corrected chi connectivity index (χ2v) is 9.12. The van der Waals surface area contributed by atoms with Crippen molar-refractivity contribution in [3.05, 3.63) is 65.2 Å². The molecule has 1 unspecified atom stereocenters. The molecule has 0 aromatic heterocycles. The Hall–Kier alpha value is -2.82. The van der Waals surface area contributed by atoms with E-state index in [0.717, 1.165) is 37.8 Å². The lowest BCUT2D eigenvalue weighted by Gasteiger charge is -2.32. The first-order valence-electron chi connectivity index (χ1n) is 11.4. The molecule has 1 aliphatic heterocycles. The first-order valence-corrected chi connectivity index (χ1v) is 11.4. The van der Waals surface area contributed by atoms with Crippen LogP contribution in [0.5, 0.6) is 5.75 Å². The van der Waals surface area contributed by atoms with Crippen molar-refractivity contribution in [2.45, 2.75) is 51.5 Å². The van der Waals surface area contributed by atoms with Gasteiger partial charge in [-0.25, -0.2) is 0 Å². The van der Waals surface area contributed by atoms with Gasteiger partial charge in [0, 0.05) is 36.2 Å². The quantitative estimate of drug-likeness (QED) is 0.710. The summed E-state index contributed by atoms with van der Waals surface area (Å²) in [4.78, 5) is 27.2. The lowest BCUT2D eigenvalue weighted by Crippen LogP contribution is -2.41. The summed E-state index contributed by atoms with van der Waals surface area (Å²) in [7, 11) is 0. The number of carbonyl (C=O) groups is 2. The number of benzene rings is 2. The molecule has 1 aliphatic carbocycles. The van der Waals surface area contributed by atoms with Gasteiger partial charge in [0.15, 0.2) is 0 Å². The van der Waals surface area contributed by atoms with Crippen molar-refractivity contribution in [2.24, 2.45) is 5.92 Å². The number of piperidine rings is 1. The van der Waals surface area contributed by atoms with Crippen molar-refractivity contribution >= 4 is 11.8 Å². The average Bonchev–Trinajstić information content (AvgIpc) is 3.61. The fourth-order valence-corrected chi connectivity index (χ4v) is 4.02. The Morgan fingerprint density at radius 3 is 2.55 bits per heavy atom. The molecule has 2 aromatic rings. The molecule has 5 nitrogen and oxygen atoms in total. The van der Waals surface area contributed by atoms with Crippen LogP contribution < -0.4 is 10.1 Å². The molecule has 2 aliphatic rings. The van der Waals surface area contributed by atoms with Gasteiger partial charge < -0.3 is 15.0 Å². The third-order valence-electron chi connectivity index (χ3n) is 6.12. The number of ether oxygens (including phenoxy) is 1. The minimum Gasteiger partial charge on any atom is -0.493 e. The van der Waals surface area contributed by atoms with Crippen LogP contribution in [0.25, 0.3) is 0 Å². The molecule has 1 saturated heterocycles. The van der Waals surface area contributed by atoms with Crippen molar-refractivity contribution in [1.29, 1.82) is 0 Å². The van der Waals surface area contributed by atoms with Crippen molar-refractivity contribution in [3.8, 4) is 5.75 Å². The lowest BCUT2D eigenvalue weighted by atomic mass is 9.97. The van der Waals surface area contributed by atoms with Gasteiger partial charge in [0.05, 0.1) is 6.61 Å². The normalized spacial score (nSPS) is 18.7. The topological polar surface area (TPSA) is 58.6 Å². The minimum atomic E-state index is -0.0362. The molecule has 5 heteroatoms. The second kappa shape index (κ2) is 9.54. The van der Waals surface area contributed by atoms with Crippen LogP contribution in [0.1, 0.15) is 71.7 Å². The van der Waals surface area contributed by atoms with Crippen molar-refractivity contribution in [3.63, 3.8) is 0 Å². The fourth-order valence-electron chi connectivity index (χ4n) is 4.02. The molecule has 0 radical (unpaired) electrons. The summed E-state index contributed by atoms with van der Waals surface area (Å²) in [6.07, 6.45) is 4.16. The van der Waals surface area contributed by atoms with Crippen LogP contribution in [-0.4, -0.2) is 42.5 Å². The van der Waals surface area contributed by atoms with Crippen LogP contribution >= 0.6 is 0 Å². The van der Waals surface area contributed by atoms with Gasteiger partial charge in [0.25, 0.3) is 11.8 Å². The van der Waals surface area contributed by atoms with Gasteiger partial charge in [-0.2, -0.15) is 0 Å². The number of amides is 2. The number of rotatable bonds is 7. The zero-order chi connectivity index (χ0) is 21.8. The Bertz CT molecular complexity index is 919. The molecule has 31 heavy (non-hydrogen) atoms. The zero-order valence-electron chi connectivity index (χ0n) is 18.5. The van der Waals surface area contributed by atoms with Gasteiger partial charge in [-0.05, 0) is 67.5 Å². The smallest absolute Gasteiger partial charge is 0.253 e. The van der Waals surface area contributed by atoms with E-state index in [2.05, 4.69) is 31.3 Å². The SMILES string of the molecule is CC(C)c1ccc(C(=O)N2CCCC(COc3cccc(C(=O)NC4CC4)c3)C2)cc1. The van der Waals surface area contributed by atoms with E-state index >= 15 is 0 Å². The van der Waals surface area contributed by atoms with Gasteiger partial charge >= 0.3 is 0 Å². The molecular formula is C26H32N2O3. The Kier molecular flexibility index (Phi) is 6.59. The van der Waals surface area contributed by atoms with E-state index in [4.69, 9.17) is 4.74 Å². The lowest BCUT2D eigenvalue weighted by molar-refractivity contribution is 0.0633. The van der Waals surface area contributed by atoms with Crippen molar-refractivity contribution in [2.75, 3.05) is 19.7 Å². The maximum Gasteiger partial charge on any atom is 0.253 e. The van der Waals surface area contributed by atoms with Crippen LogP contribution in [0.2, 0.25) is 0 Å². The van der Waals surface area contributed by atoms with Crippen LogP contribution in [-0.2, 0) is 0 Å². The first kappa shape index (κ1) is 21.4. The predicted octanol–water partition coefficient (Wildman–Crippen LogP) is 4.63. The van der Waals surface area contributed by atoms with Crippen molar-refractivity contribution in [1.82, 2.24) is 10.2 Å². The van der Waals surface area contributed by atoms with Crippen LogP contribution in [0.15, 0.2) is 48.5 Å². The van der Waals surface area contributed by atoms with E-state index in [9.17, 15) is 9.59 Å². The van der Waals surface area contributed by atoms with Crippen molar-refractivity contribution < 1.29 is 14.3 Å². The van der Waals surface area contributed by atoms with Crippen LogP contribution in [0.3, 0.4) is 0 Å². The molecule has 1 N–H and O–H groups in total. The fraction of sp³-hybridized carbons (Fsp3) is 0.462. The number of carbonyl (C=O) groups excluding carboxylic acids is 2. The molecule has 2 fully saturated rings. The summed E-state index contributed by atoms with van der Waals surface area (Å²) in [5.41, 5.74) is 2.63. The number of nitrogens with one attached hydrogen (secondary N) is 1. The zero-order valence-corrected chi connectivity index (χ0v) is 18.5. The summed E-state index contributed by atoms with van der Waals surface area (Å²) in [6.45, 7) is 6.34. The molecule has 1 atom stereocenters. The maximum atomic E-state index is 13.0. The highest BCUT2D eigenvalue weighted by Crippen LogP contribution is 2.23. The van der Waals surface area contributed by atoms with E-state index in [1.165, 1.54) is 5.56 Å². The highest BCUT2D eigenvalue weighted by molar-refractivity contribution is 5.95. The van der Waals surface area contributed by atoms with Gasteiger partial charge in [0.2, 0.25) is 0 Å². The molecule has 1 saturated carbocycles. The van der Waals surface area contributed by atoms with E-state index < -0.39 is 0 Å². The number of likely N-dealkylation sites (tertiary alicyclic amines) is 1. The molecule has 1 heterocycles. The largest absolute Gasteiger partial charge is 0.493 e. The Morgan fingerprint density at radius 1 is 1.06 bits per heavy atom. The summed E-state index contributed by atoms with van der Waals surface area (Å²) < 4.78 is 6.01. The van der Waals surface area contributed by atoms with E-state index in [-0.39, 0.29) is 17.7 Å². The monoisotopic (exact) mass is 420 g/mol. The van der Waals surface area contributed by atoms with E-state index in [1.54, 1.807) is 6.07 Å². The van der Waals surface area contributed by atoms with Gasteiger partial charge in [-0.1, -0.05) is 32.0 Å². The van der Waals surface area contributed by atoms with E-state index in [0.29, 0.717) is 36.4 Å². The number of hydrogen-bond donors (Lipinski definition) is 1. The molecule has 4 rings (SSSR count). The number of hydrogen-bond acceptors (Lipinski definition) is 3. The van der Waals surface area contributed by atoms with Gasteiger partial charge in [0.1, 0.15) is 5.75 Å². The molecular weight excluding hydrogens is 388 g/mol. The summed E-state index contributed by atoms with van der Waals surface area (Å²) in [5, 5.41) is 3.01. The summed E-state index contributed by atoms with van der Waals surface area (Å²) in [5.74, 6) is 1.51. The molecule has 2 aromatic carbocycles. The predicted molar refractivity (Wildman–Crippen MR) is 122 cm³/mol. The van der Waals surface area contributed by atoms with Crippen LogP contribution in [0, 0.1) is 5.92 Å². The minimum absolute atomic E-state index is 0.0362. The van der Waals surface area contributed by atoms with E-state index in [1.807, 2.05) is 35.2 Å². The summed E-state index contributed by atoms with van der Waals surface area (Å²) in [6, 6.07) is 15.7. The first-order chi connectivity index (χ1) is 15.0. The Morgan fingerprint density at radius 2 is 1.84 bits per heavy atom. The highest BCUT2D eigenvalue weighted by atomic mass is 16.5. The molecule has 0 bridgehead atoms. The molecule has 0 spiro atoms. The molecule has 164 valence electrons. The Labute approximate surface area is 184 Å². The maximum absolute atomic E-state index is 13.0. The third-order valence-corrected chi connectivity index (χ3v) is 6.12. The highest BCUT2D eigenvalue weighted by Gasteiger charge is 2.26. The standard InChI is InChI=1S/C26H32N2O3/c1-18(2)20-8-10-21(11-9-20)26(30)28-14-4-5-19(16-28)17-31-24-7-3-6-22(15-24)25(29)27-23-12-13-23/h3,6-11,15,18-19,23H,4-5,12-14,16-17H2,1-2H3,(H,27,29). The average molecular weight is 421 g/mol. The third kappa shape index (κ3) is 5.66. The second-order valence-electron chi connectivity index (χ2n) is 9.12. The Balaban J connectivity index is 1.31. The van der Waals surface area contributed by atoms with Crippen LogP contribution in [0.4, 0.5) is 0 Å². The molecule has 2 amide bonds. The number of nitrogens with zero attached hydrogens (tertiary/aromatic N) is 1. The van der Waals surface area contributed by atoms with Gasteiger partial charge in [-0.3, -0.25) is 9.59 Å². The summed E-state index contributed by atoms with van der Waals surface area (Å²) >= 11 is 0. The van der Waals surface area contributed by atoms with Gasteiger partial charge in [-0.15, -0.1) is 0 Å².